The molecule has 3 nitrogen and oxygen atoms in total. The molecule has 2 aromatic heterocycles. The van der Waals surface area contributed by atoms with Crippen LogP contribution in [0.1, 0.15) is 21.8 Å². The van der Waals surface area contributed by atoms with E-state index in [0.717, 1.165) is 20.8 Å². The highest BCUT2D eigenvalue weighted by atomic mass is 35.5. The molecule has 116 valence electrons. The summed E-state index contributed by atoms with van der Waals surface area (Å²) in [6.07, 6.45) is 5.99. The summed E-state index contributed by atoms with van der Waals surface area (Å²) in [4.78, 5) is 19.4. The van der Waals surface area contributed by atoms with Crippen molar-refractivity contribution < 1.29 is 0 Å². The molecule has 1 aromatic carbocycles. The van der Waals surface area contributed by atoms with Crippen molar-refractivity contribution in [2.75, 3.05) is 0 Å². The fraction of sp³-hybridized carbons (Fsp3) is 0.222. The van der Waals surface area contributed by atoms with Crippen molar-refractivity contribution in [3.63, 3.8) is 0 Å². The number of rotatable bonds is 3. The number of hydrogen-bond donors (Lipinski definition) is 0. The van der Waals surface area contributed by atoms with Crippen molar-refractivity contribution in [2.45, 2.75) is 26.8 Å². The maximum Gasteiger partial charge on any atom is 0.263 e. The van der Waals surface area contributed by atoms with Gasteiger partial charge in [0.25, 0.3) is 5.56 Å². The zero-order valence-electron chi connectivity index (χ0n) is 12.9. The van der Waals surface area contributed by atoms with Crippen LogP contribution in [0.4, 0.5) is 0 Å². The normalized spacial score (nSPS) is 10.9. The van der Waals surface area contributed by atoms with Gasteiger partial charge >= 0.3 is 0 Å². The van der Waals surface area contributed by atoms with E-state index in [1.165, 1.54) is 0 Å². The van der Waals surface area contributed by atoms with Crippen LogP contribution < -0.4 is 5.56 Å². The van der Waals surface area contributed by atoms with Gasteiger partial charge in [0.2, 0.25) is 0 Å². The molecule has 0 aliphatic heterocycles. The Labute approximate surface area is 143 Å². The van der Waals surface area contributed by atoms with Gasteiger partial charge in [-0.3, -0.25) is 9.36 Å². The van der Waals surface area contributed by atoms with Gasteiger partial charge in [0.05, 0.1) is 11.9 Å². The van der Waals surface area contributed by atoms with E-state index in [1.54, 1.807) is 15.9 Å². The number of aromatic nitrogens is 2. The lowest BCUT2D eigenvalue weighted by atomic mass is 10.1. The van der Waals surface area contributed by atoms with E-state index in [1.807, 2.05) is 38.1 Å². The molecule has 0 spiro atoms. The van der Waals surface area contributed by atoms with Crippen LogP contribution in [-0.4, -0.2) is 9.55 Å². The predicted molar refractivity (Wildman–Crippen MR) is 96.4 cm³/mol. The average Bonchev–Trinajstić information content (AvgIpc) is 2.80. The number of aryl methyl sites for hydroxylation is 2. The fourth-order valence-corrected chi connectivity index (χ4v) is 3.71. The molecule has 0 radical (unpaired) electrons. The predicted octanol–water partition coefficient (Wildman–Crippen LogP) is 3.95. The summed E-state index contributed by atoms with van der Waals surface area (Å²) in [5.74, 6) is 3.24. The average molecular weight is 343 g/mol. The lowest BCUT2D eigenvalue weighted by Crippen LogP contribution is -2.25. The van der Waals surface area contributed by atoms with Gasteiger partial charge in [-0.15, -0.1) is 17.8 Å². The Morgan fingerprint density at radius 2 is 2.00 bits per heavy atom. The molecule has 3 aromatic rings. The van der Waals surface area contributed by atoms with E-state index in [0.29, 0.717) is 22.7 Å². The summed E-state index contributed by atoms with van der Waals surface area (Å²) in [6.45, 7) is 4.18. The summed E-state index contributed by atoms with van der Waals surface area (Å²) in [5, 5.41) is 1.37. The van der Waals surface area contributed by atoms with E-state index >= 15 is 0 Å². The van der Waals surface area contributed by atoms with Crippen LogP contribution in [0, 0.1) is 26.2 Å². The van der Waals surface area contributed by atoms with Crippen LogP contribution in [0.3, 0.4) is 0 Å². The lowest BCUT2D eigenvalue weighted by molar-refractivity contribution is 0.720. The molecular weight excluding hydrogens is 328 g/mol. The summed E-state index contributed by atoms with van der Waals surface area (Å²) in [7, 11) is 0. The van der Waals surface area contributed by atoms with Crippen molar-refractivity contribution in [2.24, 2.45) is 0 Å². The molecule has 5 heteroatoms. The minimum absolute atomic E-state index is 0.0567. The van der Waals surface area contributed by atoms with E-state index in [4.69, 9.17) is 23.0 Å². The molecule has 0 saturated carbocycles. The van der Waals surface area contributed by atoms with Gasteiger partial charge in [-0.25, -0.2) is 4.98 Å². The third-order valence-corrected chi connectivity index (χ3v) is 5.25. The van der Waals surface area contributed by atoms with Crippen LogP contribution in [0.15, 0.2) is 29.1 Å². The van der Waals surface area contributed by atoms with Crippen molar-refractivity contribution in [3.8, 4) is 12.3 Å². The maximum absolute atomic E-state index is 12.8. The molecule has 0 fully saturated rings. The molecule has 0 atom stereocenters. The Morgan fingerprint density at radius 1 is 1.30 bits per heavy atom. The first kappa shape index (κ1) is 15.8. The first-order valence-electron chi connectivity index (χ1n) is 7.18. The second-order valence-electron chi connectivity index (χ2n) is 5.39. The van der Waals surface area contributed by atoms with Crippen molar-refractivity contribution in [1.82, 2.24) is 9.55 Å². The van der Waals surface area contributed by atoms with E-state index in [9.17, 15) is 4.79 Å². The topological polar surface area (TPSA) is 34.9 Å². The van der Waals surface area contributed by atoms with Gasteiger partial charge in [0.15, 0.2) is 0 Å². The number of thiophene rings is 1. The molecule has 2 heterocycles. The largest absolute Gasteiger partial charge is 0.284 e. The van der Waals surface area contributed by atoms with Gasteiger partial charge in [-0.1, -0.05) is 29.7 Å². The SMILES string of the molecule is C#CCn1c(Cc2ccc(Cl)cc2)nc2sc(C)c(C)c2c1=O. The summed E-state index contributed by atoms with van der Waals surface area (Å²) in [6, 6.07) is 7.53. The molecular formula is C18H15ClN2OS. The standard InChI is InChI=1S/C18H15ClN2OS/c1-4-9-21-15(10-13-5-7-14(19)8-6-13)20-17-16(18(21)22)11(2)12(3)23-17/h1,5-8H,9-10H2,2-3H3. The number of nitrogens with zero attached hydrogens (tertiary/aromatic N) is 2. The molecule has 0 saturated heterocycles. The zero-order chi connectivity index (χ0) is 16.6. The molecule has 0 amide bonds. The van der Waals surface area contributed by atoms with Crippen molar-refractivity contribution in [3.05, 3.63) is 61.5 Å². The van der Waals surface area contributed by atoms with E-state index < -0.39 is 0 Å². The van der Waals surface area contributed by atoms with Crippen LogP contribution in [0.2, 0.25) is 5.02 Å². The zero-order valence-corrected chi connectivity index (χ0v) is 14.5. The Balaban J connectivity index is 2.19. The van der Waals surface area contributed by atoms with Gasteiger partial charge in [-0.2, -0.15) is 0 Å². The molecule has 23 heavy (non-hydrogen) atoms. The summed E-state index contributed by atoms with van der Waals surface area (Å²) in [5.41, 5.74) is 1.97. The van der Waals surface area contributed by atoms with E-state index in [2.05, 4.69) is 5.92 Å². The molecule has 3 rings (SSSR count). The molecule has 0 aliphatic rings. The third kappa shape index (κ3) is 2.90. The maximum atomic E-state index is 12.8. The second-order valence-corrected chi connectivity index (χ2v) is 7.03. The Hall–Kier alpha value is -2.09. The first-order chi connectivity index (χ1) is 11.0. The van der Waals surface area contributed by atoms with Crippen molar-refractivity contribution >= 4 is 33.2 Å². The first-order valence-corrected chi connectivity index (χ1v) is 8.38. The van der Waals surface area contributed by atoms with Gasteiger partial charge in [0.1, 0.15) is 10.7 Å². The van der Waals surface area contributed by atoms with Crippen LogP contribution in [0.25, 0.3) is 10.2 Å². The number of fused-ring (bicyclic) bond motifs is 1. The number of benzene rings is 1. The molecule has 0 bridgehead atoms. The third-order valence-electron chi connectivity index (χ3n) is 3.89. The summed E-state index contributed by atoms with van der Waals surface area (Å²) < 4.78 is 1.59. The minimum atomic E-state index is -0.0567. The molecule has 0 N–H and O–H groups in total. The fourth-order valence-electron chi connectivity index (χ4n) is 2.54. The minimum Gasteiger partial charge on any atom is -0.284 e. The van der Waals surface area contributed by atoms with Gasteiger partial charge in [0, 0.05) is 16.3 Å². The second kappa shape index (κ2) is 6.19. The molecule has 0 unspecified atom stereocenters. The van der Waals surface area contributed by atoms with Gasteiger partial charge < -0.3 is 0 Å². The van der Waals surface area contributed by atoms with Crippen LogP contribution in [0.5, 0.6) is 0 Å². The highest BCUT2D eigenvalue weighted by Crippen LogP contribution is 2.26. The Kier molecular flexibility index (Phi) is 4.25. The monoisotopic (exact) mass is 342 g/mol. The number of hydrogen-bond acceptors (Lipinski definition) is 3. The quantitative estimate of drug-likeness (QED) is 0.675. The highest BCUT2D eigenvalue weighted by Gasteiger charge is 2.16. The number of halogens is 1. The Bertz CT molecular complexity index is 977. The Morgan fingerprint density at radius 3 is 2.65 bits per heavy atom. The molecule has 0 aliphatic carbocycles. The smallest absolute Gasteiger partial charge is 0.263 e. The van der Waals surface area contributed by atoms with Crippen LogP contribution >= 0.6 is 22.9 Å². The summed E-state index contributed by atoms with van der Waals surface area (Å²) >= 11 is 7.47. The number of terminal acetylenes is 1. The van der Waals surface area contributed by atoms with Gasteiger partial charge in [-0.05, 0) is 37.1 Å². The van der Waals surface area contributed by atoms with Crippen molar-refractivity contribution in [1.29, 1.82) is 0 Å². The lowest BCUT2D eigenvalue weighted by Gasteiger charge is -2.10. The van der Waals surface area contributed by atoms with E-state index in [-0.39, 0.29) is 12.1 Å². The van der Waals surface area contributed by atoms with Crippen LogP contribution in [-0.2, 0) is 13.0 Å². The highest BCUT2D eigenvalue weighted by molar-refractivity contribution is 7.18.